The number of nitrogens with zero attached hydrogens (tertiary/aromatic N) is 1. The summed E-state index contributed by atoms with van der Waals surface area (Å²) in [5.74, 6) is 0. The lowest BCUT2D eigenvalue weighted by Gasteiger charge is -2.30. The van der Waals surface area contributed by atoms with E-state index in [2.05, 4.69) is 23.7 Å². The minimum atomic E-state index is 0.591. The fraction of sp³-hybridized carbons (Fsp3) is 0.833. The Bertz CT molecular complexity index is 145. The van der Waals surface area contributed by atoms with Crippen molar-refractivity contribution in [1.29, 1.82) is 0 Å². The molecule has 0 aromatic carbocycles. The molecule has 0 saturated carbocycles. The topological polar surface area (TPSA) is 24.5 Å². The van der Waals surface area contributed by atoms with E-state index >= 15 is 0 Å². The first kappa shape index (κ1) is 14.6. The van der Waals surface area contributed by atoms with E-state index in [0.717, 1.165) is 26.2 Å². The molecule has 0 aliphatic carbocycles. The second-order valence-corrected chi connectivity index (χ2v) is 3.78. The number of likely N-dealkylation sites (N-methyl/N-ethyl adjacent to an activating group) is 1. The molecule has 0 fully saturated rings. The van der Waals surface area contributed by atoms with E-state index in [-0.39, 0.29) is 0 Å². The van der Waals surface area contributed by atoms with Gasteiger partial charge in [-0.1, -0.05) is 19.4 Å². The zero-order valence-corrected chi connectivity index (χ0v) is 10.5. The first-order chi connectivity index (χ1) is 7.29. The average Bonchev–Trinajstić information content (AvgIpc) is 2.24. The highest BCUT2D eigenvalue weighted by Crippen LogP contribution is 2.06. The largest absolute Gasteiger partial charge is 0.383 e. The summed E-state index contributed by atoms with van der Waals surface area (Å²) in [5, 5.41) is 3.25. The maximum Gasteiger partial charge on any atom is 0.0589 e. The lowest BCUT2D eigenvalue weighted by Crippen LogP contribution is -2.43. The number of ether oxygens (including phenoxy) is 1. The smallest absolute Gasteiger partial charge is 0.0589 e. The Morgan fingerprint density at radius 2 is 2.27 bits per heavy atom. The lowest BCUT2D eigenvalue weighted by molar-refractivity contribution is 0.124. The number of nitrogens with one attached hydrogen (secondary N) is 1. The van der Waals surface area contributed by atoms with Crippen LogP contribution in [0.1, 0.15) is 19.8 Å². The van der Waals surface area contributed by atoms with Gasteiger partial charge >= 0.3 is 0 Å². The molecule has 0 radical (unpaired) electrons. The molecule has 3 heteroatoms. The van der Waals surface area contributed by atoms with Crippen molar-refractivity contribution in [3.05, 3.63) is 12.7 Å². The monoisotopic (exact) mass is 214 g/mol. The van der Waals surface area contributed by atoms with Crippen molar-refractivity contribution in [1.82, 2.24) is 10.2 Å². The molecular weight excluding hydrogens is 188 g/mol. The Kier molecular flexibility index (Phi) is 9.89. The number of rotatable bonds is 10. The van der Waals surface area contributed by atoms with Crippen LogP contribution in [0.4, 0.5) is 0 Å². The summed E-state index contributed by atoms with van der Waals surface area (Å²) in [5.41, 5.74) is 0. The maximum absolute atomic E-state index is 5.13. The Morgan fingerprint density at radius 3 is 2.73 bits per heavy atom. The maximum atomic E-state index is 5.13. The van der Waals surface area contributed by atoms with Crippen molar-refractivity contribution < 1.29 is 4.74 Å². The minimum Gasteiger partial charge on any atom is -0.383 e. The Morgan fingerprint density at radius 1 is 1.53 bits per heavy atom. The molecule has 0 bridgehead atoms. The van der Waals surface area contributed by atoms with Crippen LogP contribution >= 0.6 is 0 Å². The SMILES string of the molecule is C=CCN(CCOC)C(CCC)CNC. The predicted molar refractivity (Wildman–Crippen MR) is 66.3 cm³/mol. The van der Waals surface area contributed by atoms with E-state index in [4.69, 9.17) is 4.74 Å². The van der Waals surface area contributed by atoms with Gasteiger partial charge in [0.05, 0.1) is 6.61 Å². The molecule has 15 heavy (non-hydrogen) atoms. The molecule has 0 rings (SSSR count). The molecule has 0 amide bonds. The van der Waals surface area contributed by atoms with Gasteiger partial charge in [0.1, 0.15) is 0 Å². The van der Waals surface area contributed by atoms with Crippen molar-refractivity contribution in [2.45, 2.75) is 25.8 Å². The summed E-state index contributed by atoms with van der Waals surface area (Å²) in [6.45, 7) is 9.78. The standard InChI is InChI=1S/C12H26N2O/c1-5-7-12(11-13-3)14(8-6-2)9-10-15-4/h6,12-13H,2,5,7-11H2,1,3-4H3. The van der Waals surface area contributed by atoms with Gasteiger partial charge in [-0.2, -0.15) is 0 Å². The molecule has 1 N–H and O–H groups in total. The second-order valence-electron chi connectivity index (χ2n) is 3.78. The fourth-order valence-corrected chi connectivity index (χ4v) is 1.78. The summed E-state index contributed by atoms with van der Waals surface area (Å²) < 4.78 is 5.13. The first-order valence-corrected chi connectivity index (χ1v) is 5.78. The molecular formula is C12H26N2O. The van der Waals surface area contributed by atoms with Gasteiger partial charge in [0, 0.05) is 32.8 Å². The molecule has 0 aromatic heterocycles. The van der Waals surface area contributed by atoms with Crippen LogP contribution in [0.3, 0.4) is 0 Å². The van der Waals surface area contributed by atoms with Crippen molar-refractivity contribution in [3.63, 3.8) is 0 Å². The third-order valence-electron chi connectivity index (χ3n) is 2.52. The van der Waals surface area contributed by atoms with E-state index < -0.39 is 0 Å². The van der Waals surface area contributed by atoms with E-state index in [1.807, 2.05) is 13.1 Å². The van der Waals surface area contributed by atoms with Gasteiger partial charge < -0.3 is 10.1 Å². The Hall–Kier alpha value is -0.380. The van der Waals surface area contributed by atoms with Crippen LogP contribution in [-0.2, 0) is 4.74 Å². The van der Waals surface area contributed by atoms with Crippen molar-refractivity contribution >= 4 is 0 Å². The minimum absolute atomic E-state index is 0.591. The quantitative estimate of drug-likeness (QED) is 0.558. The van der Waals surface area contributed by atoms with E-state index in [0.29, 0.717) is 6.04 Å². The van der Waals surface area contributed by atoms with Gasteiger partial charge in [0.2, 0.25) is 0 Å². The van der Waals surface area contributed by atoms with Gasteiger partial charge in [0.25, 0.3) is 0 Å². The molecule has 0 saturated heterocycles. The zero-order valence-electron chi connectivity index (χ0n) is 10.5. The average molecular weight is 214 g/mol. The molecule has 0 aliphatic heterocycles. The second kappa shape index (κ2) is 10.1. The summed E-state index contributed by atoms with van der Waals surface area (Å²) in [6, 6.07) is 0.591. The molecule has 1 unspecified atom stereocenters. The van der Waals surface area contributed by atoms with E-state index in [1.165, 1.54) is 12.8 Å². The van der Waals surface area contributed by atoms with Crippen molar-refractivity contribution in [2.75, 3.05) is 40.4 Å². The number of hydrogen-bond donors (Lipinski definition) is 1. The highest BCUT2D eigenvalue weighted by atomic mass is 16.5. The number of methoxy groups -OCH3 is 1. The lowest BCUT2D eigenvalue weighted by atomic mass is 10.1. The van der Waals surface area contributed by atoms with Crippen LogP contribution in [0.25, 0.3) is 0 Å². The Labute approximate surface area is 94.5 Å². The summed E-state index contributed by atoms with van der Waals surface area (Å²) in [6.07, 6.45) is 4.40. The fourth-order valence-electron chi connectivity index (χ4n) is 1.78. The summed E-state index contributed by atoms with van der Waals surface area (Å²) in [4.78, 5) is 2.43. The van der Waals surface area contributed by atoms with Gasteiger partial charge in [-0.25, -0.2) is 0 Å². The van der Waals surface area contributed by atoms with Crippen LogP contribution < -0.4 is 5.32 Å². The van der Waals surface area contributed by atoms with E-state index in [1.54, 1.807) is 7.11 Å². The molecule has 0 aliphatic rings. The van der Waals surface area contributed by atoms with Gasteiger partial charge in [-0.15, -0.1) is 6.58 Å². The molecule has 0 aromatic rings. The zero-order chi connectivity index (χ0) is 11.5. The Balaban J connectivity index is 4.15. The normalized spacial score (nSPS) is 13.1. The molecule has 3 nitrogen and oxygen atoms in total. The van der Waals surface area contributed by atoms with Gasteiger partial charge in [-0.3, -0.25) is 4.90 Å². The highest BCUT2D eigenvalue weighted by molar-refractivity contribution is 4.80. The van der Waals surface area contributed by atoms with Crippen molar-refractivity contribution in [3.8, 4) is 0 Å². The van der Waals surface area contributed by atoms with Crippen LogP contribution in [0.5, 0.6) is 0 Å². The summed E-state index contributed by atoms with van der Waals surface area (Å²) in [7, 11) is 3.75. The third kappa shape index (κ3) is 6.66. The highest BCUT2D eigenvalue weighted by Gasteiger charge is 2.15. The predicted octanol–water partition coefficient (Wildman–Crippen LogP) is 1.51. The molecule has 1 atom stereocenters. The van der Waals surface area contributed by atoms with Gasteiger partial charge in [-0.05, 0) is 13.5 Å². The van der Waals surface area contributed by atoms with Crippen LogP contribution in [0.15, 0.2) is 12.7 Å². The first-order valence-electron chi connectivity index (χ1n) is 5.78. The molecule has 90 valence electrons. The van der Waals surface area contributed by atoms with Crippen molar-refractivity contribution in [2.24, 2.45) is 0 Å². The molecule has 0 heterocycles. The van der Waals surface area contributed by atoms with E-state index in [9.17, 15) is 0 Å². The molecule has 0 spiro atoms. The van der Waals surface area contributed by atoms with Crippen LogP contribution in [0, 0.1) is 0 Å². The van der Waals surface area contributed by atoms with Gasteiger partial charge in [0.15, 0.2) is 0 Å². The van der Waals surface area contributed by atoms with Crippen LogP contribution in [0.2, 0.25) is 0 Å². The third-order valence-corrected chi connectivity index (χ3v) is 2.52. The van der Waals surface area contributed by atoms with Crippen LogP contribution in [-0.4, -0.2) is 51.3 Å². The number of hydrogen-bond acceptors (Lipinski definition) is 3. The summed E-state index contributed by atoms with van der Waals surface area (Å²) >= 11 is 0.